The SMILES string of the molecule is CCN(CC)C(=S)SCc1cc(=O)oc2cc(C)cc(C)c12. The minimum Gasteiger partial charge on any atom is -0.423 e. The molecule has 0 unspecified atom stereocenters. The van der Waals surface area contributed by atoms with Crippen molar-refractivity contribution >= 4 is 39.3 Å². The molecule has 0 N–H and O–H groups in total. The molecule has 1 heterocycles. The molecule has 2 rings (SSSR count). The van der Waals surface area contributed by atoms with E-state index in [-0.39, 0.29) is 5.63 Å². The van der Waals surface area contributed by atoms with Gasteiger partial charge in [-0.05, 0) is 50.5 Å². The van der Waals surface area contributed by atoms with Gasteiger partial charge in [-0.2, -0.15) is 0 Å². The number of hydrogen-bond acceptors (Lipinski definition) is 4. The predicted octanol–water partition coefficient (Wildman–Crippen LogP) is 4.27. The summed E-state index contributed by atoms with van der Waals surface area (Å²) < 4.78 is 6.22. The Morgan fingerprint density at radius 1 is 1.23 bits per heavy atom. The molecule has 0 aliphatic heterocycles. The van der Waals surface area contributed by atoms with Crippen LogP contribution in [0.5, 0.6) is 0 Å². The van der Waals surface area contributed by atoms with E-state index in [0.29, 0.717) is 11.3 Å². The van der Waals surface area contributed by atoms with Crippen molar-refractivity contribution < 1.29 is 4.42 Å². The van der Waals surface area contributed by atoms with E-state index in [0.717, 1.165) is 39.5 Å². The minimum atomic E-state index is -0.304. The Labute approximate surface area is 140 Å². The second-order valence-corrected chi connectivity index (χ2v) is 6.88. The molecule has 0 bridgehead atoms. The minimum absolute atomic E-state index is 0.304. The van der Waals surface area contributed by atoms with Crippen LogP contribution in [0, 0.1) is 13.8 Å². The van der Waals surface area contributed by atoms with Crippen LogP contribution in [-0.4, -0.2) is 22.3 Å². The lowest BCUT2D eigenvalue weighted by Crippen LogP contribution is -2.26. The maximum Gasteiger partial charge on any atom is 0.336 e. The summed E-state index contributed by atoms with van der Waals surface area (Å²) in [6.07, 6.45) is 0. The third-order valence-electron chi connectivity index (χ3n) is 3.64. The van der Waals surface area contributed by atoms with E-state index in [1.165, 1.54) is 0 Å². The van der Waals surface area contributed by atoms with Gasteiger partial charge < -0.3 is 9.32 Å². The van der Waals surface area contributed by atoms with Crippen LogP contribution in [0.2, 0.25) is 0 Å². The molecule has 0 aliphatic rings. The fraction of sp³-hybridized carbons (Fsp3) is 0.412. The quantitative estimate of drug-likeness (QED) is 0.615. The molecule has 1 aromatic heterocycles. The topological polar surface area (TPSA) is 33.5 Å². The summed E-state index contributed by atoms with van der Waals surface area (Å²) in [6.45, 7) is 10.0. The number of benzene rings is 1. The van der Waals surface area contributed by atoms with Crippen LogP contribution >= 0.6 is 24.0 Å². The Morgan fingerprint density at radius 2 is 1.91 bits per heavy atom. The fourth-order valence-corrected chi connectivity index (χ4v) is 3.98. The van der Waals surface area contributed by atoms with Crippen LogP contribution in [-0.2, 0) is 5.75 Å². The van der Waals surface area contributed by atoms with Gasteiger partial charge in [-0.25, -0.2) is 4.79 Å². The van der Waals surface area contributed by atoms with Crippen LogP contribution in [0.3, 0.4) is 0 Å². The maximum absolute atomic E-state index is 11.8. The number of fused-ring (bicyclic) bond motifs is 1. The zero-order valence-corrected chi connectivity index (χ0v) is 15.1. The Hall–Kier alpha value is -1.33. The van der Waals surface area contributed by atoms with E-state index in [1.54, 1.807) is 17.8 Å². The summed E-state index contributed by atoms with van der Waals surface area (Å²) in [5.74, 6) is 0.682. The molecule has 118 valence electrons. The highest BCUT2D eigenvalue weighted by molar-refractivity contribution is 8.22. The van der Waals surface area contributed by atoms with E-state index in [9.17, 15) is 4.79 Å². The molecular formula is C17H21NO2S2. The molecule has 0 aliphatic carbocycles. The first-order valence-corrected chi connectivity index (χ1v) is 8.81. The number of aryl methyl sites for hydroxylation is 2. The molecule has 0 fully saturated rings. The van der Waals surface area contributed by atoms with Gasteiger partial charge in [0.1, 0.15) is 9.90 Å². The first-order valence-electron chi connectivity index (χ1n) is 7.42. The zero-order valence-electron chi connectivity index (χ0n) is 13.4. The van der Waals surface area contributed by atoms with E-state index >= 15 is 0 Å². The highest BCUT2D eigenvalue weighted by Crippen LogP contribution is 2.26. The summed E-state index contributed by atoms with van der Waals surface area (Å²) in [5, 5.41) is 1.03. The Kier molecular flexibility index (Phi) is 5.64. The molecule has 0 spiro atoms. The second kappa shape index (κ2) is 7.29. The molecule has 1 aromatic carbocycles. The van der Waals surface area contributed by atoms with Gasteiger partial charge in [0, 0.05) is 30.3 Å². The van der Waals surface area contributed by atoms with E-state index in [1.807, 2.05) is 19.9 Å². The predicted molar refractivity (Wildman–Crippen MR) is 98.8 cm³/mol. The normalized spacial score (nSPS) is 10.9. The molecular weight excluding hydrogens is 314 g/mol. The first kappa shape index (κ1) is 17.0. The zero-order chi connectivity index (χ0) is 16.3. The van der Waals surface area contributed by atoms with Crippen LogP contribution < -0.4 is 5.63 Å². The van der Waals surface area contributed by atoms with Gasteiger partial charge in [0.05, 0.1) is 0 Å². The monoisotopic (exact) mass is 335 g/mol. The molecule has 0 radical (unpaired) electrons. The van der Waals surface area contributed by atoms with E-state index in [4.69, 9.17) is 16.6 Å². The van der Waals surface area contributed by atoms with Crippen molar-refractivity contribution in [2.24, 2.45) is 0 Å². The van der Waals surface area contributed by atoms with Crippen molar-refractivity contribution in [3.63, 3.8) is 0 Å². The average molecular weight is 335 g/mol. The third-order valence-corrected chi connectivity index (χ3v) is 5.21. The largest absolute Gasteiger partial charge is 0.423 e. The Morgan fingerprint density at radius 3 is 2.55 bits per heavy atom. The summed E-state index contributed by atoms with van der Waals surface area (Å²) in [6, 6.07) is 5.61. The van der Waals surface area contributed by atoms with Gasteiger partial charge in [-0.3, -0.25) is 0 Å². The molecule has 0 atom stereocenters. The number of thiocarbonyl (C=S) groups is 1. The first-order chi connectivity index (χ1) is 10.5. The van der Waals surface area contributed by atoms with Gasteiger partial charge in [-0.15, -0.1) is 0 Å². The molecule has 0 amide bonds. The van der Waals surface area contributed by atoms with Crippen LogP contribution in [0.15, 0.2) is 27.4 Å². The summed E-state index contributed by atoms with van der Waals surface area (Å²) in [7, 11) is 0. The van der Waals surface area contributed by atoms with Gasteiger partial charge in [-0.1, -0.05) is 30.0 Å². The third kappa shape index (κ3) is 3.70. The van der Waals surface area contributed by atoms with Gasteiger partial charge >= 0.3 is 5.63 Å². The van der Waals surface area contributed by atoms with Crippen molar-refractivity contribution in [3.05, 3.63) is 45.3 Å². The molecule has 22 heavy (non-hydrogen) atoms. The van der Waals surface area contributed by atoms with Crippen LogP contribution in [0.25, 0.3) is 11.0 Å². The van der Waals surface area contributed by atoms with E-state index in [2.05, 4.69) is 24.8 Å². The van der Waals surface area contributed by atoms with Crippen LogP contribution in [0.1, 0.15) is 30.5 Å². The van der Waals surface area contributed by atoms with Crippen molar-refractivity contribution in [1.82, 2.24) is 4.90 Å². The Balaban J connectivity index is 2.35. The molecule has 3 nitrogen and oxygen atoms in total. The highest BCUT2D eigenvalue weighted by Gasteiger charge is 2.12. The van der Waals surface area contributed by atoms with Crippen molar-refractivity contribution in [2.45, 2.75) is 33.4 Å². The summed E-state index contributed by atoms with van der Waals surface area (Å²) in [4.78, 5) is 13.9. The van der Waals surface area contributed by atoms with Gasteiger partial charge in [0.15, 0.2) is 0 Å². The average Bonchev–Trinajstić information content (AvgIpc) is 2.44. The smallest absolute Gasteiger partial charge is 0.336 e. The number of hydrogen-bond donors (Lipinski definition) is 0. The lowest BCUT2D eigenvalue weighted by molar-refractivity contribution is 0.482. The maximum atomic E-state index is 11.8. The molecule has 0 saturated heterocycles. The van der Waals surface area contributed by atoms with Crippen molar-refractivity contribution in [1.29, 1.82) is 0 Å². The standard InChI is InChI=1S/C17H21NO2S2/c1-5-18(6-2)17(21)22-10-13-9-15(19)20-14-8-11(3)7-12(4)16(13)14/h7-9H,5-6,10H2,1-4H3. The molecule has 2 aromatic rings. The molecule has 5 heteroatoms. The number of nitrogens with zero attached hydrogens (tertiary/aromatic N) is 1. The van der Waals surface area contributed by atoms with Crippen molar-refractivity contribution in [3.8, 4) is 0 Å². The van der Waals surface area contributed by atoms with Crippen molar-refractivity contribution in [2.75, 3.05) is 13.1 Å². The number of rotatable bonds is 4. The highest BCUT2D eigenvalue weighted by atomic mass is 32.2. The second-order valence-electron chi connectivity index (χ2n) is 5.27. The lowest BCUT2D eigenvalue weighted by Gasteiger charge is -2.21. The fourth-order valence-electron chi connectivity index (χ4n) is 2.60. The molecule has 0 saturated carbocycles. The number of thioether (sulfide) groups is 1. The van der Waals surface area contributed by atoms with Gasteiger partial charge in [0.25, 0.3) is 0 Å². The van der Waals surface area contributed by atoms with E-state index < -0.39 is 0 Å². The summed E-state index contributed by atoms with van der Waals surface area (Å²) >= 11 is 7.07. The lowest BCUT2D eigenvalue weighted by atomic mass is 10.0. The summed E-state index contributed by atoms with van der Waals surface area (Å²) in [5.41, 5.74) is 3.57. The van der Waals surface area contributed by atoms with Crippen LogP contribution in [0.4, 0.5) is 0 Å². The van der Waals surface area contributed by atoms with Gasteiger partial charge in [0.2, 0.25) is 0 Å². The Bertz CT molecular complexity index is 748.